The topological polar surface area (TPSA) is 105 Å². The smallest absolute Gasteiger partial charge is 0.414 e. The van der Waals surface area contributed by atoms with Gasteiger partial charge in [-0.3, -0.25) is 0 Å². The van der Waals surface area contributed by atoms with E-state index in [4.69, 9.17) is 29.3 Å². The summed E-state index contributed by atoms with van der Waals surface area (Å²) in [6, 6.07) is 7.86. The maximum absolute atomic E-state index is 9.10. The summed E-state index contributed by atoms with van der Waals surface area (Å²) in [6.07, 6.45) is 1.04. The molecule has 0 fully saturated rings. The van der Waals surface area contributed by atoms with E-state index in [0.717, 1.165) is 36.3 Å². The molecular weight excluding hydrogens is 358 g/mol. The molecule has 3 N–H and O–H groups in total. The van der Waals surface area contributed by atoms with Crippen molar-refractivity contribution in [3.05, 3.63) is 28.7 Å². The van der Waals surface area contributed by atoms with Crippen LogP contribution in [0.15, 0.2) is 28.7 Å². The van der Waals surface area contributed by atoms with Crippen LogP contribution in [-0.4, -0.2) is 55.6 Å². The van der Waals surface area contributed by atoms with Crippen LogP contribution in [0.4, 0.5) is 0 Å². The van der Waals surface area contributed by atoms with Crippen molar-refractivity contribution < 1.29 is 29.3 Å². The van der Waals surface area contributed by atoms with Gasteiger partial charge >= 0.3 is 11.9 Å². The number of benzene rings is 1. The first kappa shape index (κ1) is 20.4. The molecule has 0 radical (unpaired) electrons. The quantitative estimate of drug-likeness (QED) is 0.466. The van der Waals surface area contributed by atoms with E-state index in [-0.39, 0.29) is 0 Å². The Balaban J connectivity index is 0.000000626. The van der Waals surface area contributed by atoms with E-state index in [2.05, 4.69) is 21.2 Å². The third-order valence-corrected chi connectivity index (χ3v) is 2.72. The Morgan fingerprint density at radius 2 is 1.86 bits per heavy atom. The molecule has 0 aromatic heterocycles. The maximum atomic E-state index is 9.10. The fraction of sp³-hybridized carbons (Fsp3) is 0.429. The highest BCUT2D eigenvalue weighted by molar-refractivity contribution is 9.10. The summed E-state index contributed by atoms with van der Waals surface area (Å²) in [4.78, 5) is 18.2. The number of carboxylic acid groups (broad SMARTS) is 2. The van der Waals surface area contributed by atoms with E-state index in [1.807, 2.05) is 24.3 Å². The van der Waals surface area contributed by atoms with Gasteiger partial charge in [0.05, 0.1) is 0 Å². The van der Waals surface area contributed by atoms with Gasteiger partial charge in [-0.2, -0.15) is 0 Å². The first-order valence-electron chi connectivity index (χ1n) is 6.51. The summed E-state index contributed by atoms with van der Waals surface area (Å²) in [5, 5.41) is 18.1. The average Bonchev–Trinajstić information content (AvgIpc) is 2.47. The van der Waals surface area contributed by atoms with Crippen LogP contribution in [0.2, 0.25) is 0 Å². The predicted molar refractivity (Wildman–Crippen MR) is 84.3 cm³/mol. The molecule has 7 nitrogen and oxygen atoms in total. The second-order valence-electron chi connectivity index (χ2n) is 4.01. The van der Waals surface area contributed by atoms with Crippen LogP contribution in [-0.2, 0) is 14.3 Å². The van der Waals surface area contributed by atoms with Crippen molar-refractivity contribution in [1.82, 2.24) is 5.32 Å². The first-order valence-corrected chi connectivity index (χ1v) is 7.31. The Morgan fingerprint density at radius 1 is 1.18 bits per heavy atom. The number of ether oxygens (including phenoxy) is 2. The van der Waals surface area contributed by atoms with Crippen LogP contribution in [0.3, 0.4) is 0 Å². The van der Waals surface area contributed by atoms with Crippen LogP contribution in [0, 0.1) is 0 Å². The molecule has 0 heterocycles. The van der Waals surface area contributed by atoms with E-state index in [9.17, 15) is 0 Å². The lowest BCUT2D eigenvalue weighted by Crippen LogP contribution is -2.22. The molecule has 0 spiro atoms. The fourth-order valence-electron chi connectivity index (χ4n) is 1.26. The molecule has 0 saturated heterocycles. The molecule has 8 heteroatoms. The Bertz CT molecular complexity index is 443. The van der Waals surface area contributed by atoms with Crippen LogP contribution in [0.1, 0.15) is 6.42 Å². The Morgan fingerprint density at radius 3 is 2.41 bits per heavy atom. The van der Waals surface area contributed by atoms with E-state index in [1.54, 1.807) is 7.11 Å². The lowest BCUT2D eigenvalue weighted by Gasteiger charge is -2.07. The van der Waals surface area contributed by atoms with E-state index >= 15 is 0 Å². The minimum Gasteiger partial charge on any atom is -0.492 e. The van der Waals surface area contributed by atoms with E-state index in [1.165, 1.54) is 0 Å². The van der Waals surface area contributed by atoms with Gasteiger partial charge in [-0.15, -0.1) is 0 Å². The molecular formula is C14H20BrNO6. The van der Waals surface area contributed by atoms with Gasteiger partial charge in [-0.25, -0.2) is 9.59 Å². The maximum Gasteiger partial charge on any atom is 0.414 e. The normalized spacial score (nSPS) is 9.55. The number of methoxy groups -OCH3 is 1. The van der Waals surface area contributed by atoms with Gasteiger partial charge < -0.3 is 25.0 Å². The number of carbonyl (C=O) groups is 2. The Hall–Kier alpha value is -1.64. The molecule has 1 aromatic carbocycles. The van der Waals surface area contributed by atoms with Gasteiger partial charge in [0.2, 0.25) is 0 Å². The van der Waals surface area contributed by atoms with E-state index < -0.39 is 11.9 Å². The fourth-order valence-corrected chi connectivity index (χ4v) is 1.64. The summed E-state index contributed by atoms with van der Waals surface area (Å²) in [7, 11) is 1.72. The number of hydrogen-bond donors (Lipinski definition) is 3. The second-order valence-corrected chi connectivity index (χ2v) is 4.93. The molecule has 0 aliphatic heterocycles. The number of nitrogens with one attached hydrogen (secondary N) is 1. The van der Waals surface area contributed by atoms with Gasteiger partial charge in [0.1, 0.15) is 12.4 Å². The van der Waals surface area contributed by atoms with Crippen LogP contribution >= 0.6 is 15.9 Å². The van der Waals surface area contributed by atoms with Crippen molar-refractivity contribution in [2.75, 3.05) is 33.4 Å². The van der Waals surface area contributed by atoms with Gasteiger partial charge in [0, 0.05) is 24.7 Å². The van der Waals surface area contributed by atoms with Crippen molar-refractivity contribution in [3.8, 4) is 5.75 Å². The number of halogens is 1. The Kier molecular flexibility index (Phi) is 12.1. The summed E-state index contributed by atoms with van der Waals surface area (Å²) < 4.78 is 11.6. The van der Waals surface area contributed by atoms with Crippen molar-refractivity contribution in [1.29, 1.82) is 0 Å². The molecule has 22 heavy (non-hydrogen) atoms. The number of rotatable bonds is 8. The van der Waals surface area contributed by atoms with Crippen molar-refractivity contribution in [2.45, 2.75) is 6.42 Å². The summed E-state index contributed by atoms with van der Waals surface area (Å²) in [5.41, 5.74) is 0. The molecule has 0 aliphatic carbocycles. The third kappa shape index (κ3) is 12.1. The molecule has 0 unspecified atom stereocenters. The van der Waals surface area contributed by atoms with Crippen LogP contribution in [0.5, 0.6) is 5.75 Å². The standard InChI is InChI=1S/C12H18BrNO2.C2H2O4/c1-15-8-3-6-14-7-9-16-12-5-2-4-11(13)10-12;3-1(4)2(5)6/h2,4-5,10,14H,3,6-9H2,1H3;(H,3,4)(H,5,6). The molecule has 0 saturated carbocycles. The number of aliphatic carboxylic acids is 2. The molecule has 0 atom stereocenters. The summed E-state index contributed by atoms with van der Waals surface area (Å²) >= 11 is 3.40. The zero-order chi connectivity index (χ0) is 16.8. The van der Waals surface area contributed by atoms with Crippen molar-refractivity contribution >= 4 is 27.9 Å². The molecule has 1 aromatic rings. The highest BCUT2D eigenvalue weighted by Gasteiger charge is 2.04. The van der Waals surface area contributed by atoms with Gasteiger partial charge in [0.15, 0.2) is 0 Å². The molecule has 0 aliphatic rings. The zero-order valence-electron chi connectivity index (χ0n) is 12.3. The lowest BCUT2D eigenvalue weighted by molar-refractivity contribution is -0.159. The minimum absolute atomic E-state index is 0.684. The first-order chi connectivity index (χ1) is 10.5. The molecule has 0 bridgehead atoms. The second kappa shape index (κ2) is 13.1. The minimum atomic E-state index is -1.82. The monoisotopic (exact) mass is 377 g/mol. The molecule has 1 rings (SSSR count). The number of hydrogen-bond acceptors (Lipinski definition) is 5. The molecule has 124 valence electrons. The van der Waals surface area contributed by atoms with Crippen LogP contribution < -0.4 is 10.1 Å². The highest BCUT2D eigenvalue weighted by atomic mass is 79.9. The number of carboxylic acids is 2. The van der Waals surface area contributed by atoms with Gasteiger partial charge in [0.25, 0.3) is 0 Å². The SMILES string of the molecule is COCCCNCCOc1cccc(Br)c1.O=C(O)C(=O)O. The predicted octanol–water partition coefficient (Wildman–Crippen LogP) is 1.61. The molecule has 0 amide bonds. The zero-order valence-corrected chi connectivity index (χ0v) is 13.8. The Labute approximate surface area is 137 Å². The lowest BCUT2D eigenvalue weighted by atomic mass is 10.3. The van der Waals surface area contributed by atoms with E-state index in [0.29, 0.717) is 6.61 Å². The van der Waals surface area contributed by atoms with Gasteiger partial charge in [-0.05, 0) is 31.2 Å². The average molecular weight is 378 g/mol. The van der Waals surface area contributed by atoms with Gasteiger partial charge in [-0.1, -0.05) is 22.0 Å². The van der Waals surface area contributed by atoms with Crippen LogP contribution in [0.25, 0.3) is 0 Å². The van der Waals surface area contributed by atoms with Crippen molar-refractivity contribution in [3.63, 3.8) is 0 Å². The summed E-state index contributed by atoms with van der Waals surface area (Å²) in [5.74, 6) is -2.75. The highest BCUT2D eigenvalue weighted by Crippen LogP contribution is 2.17. The third-order valence-electron chi connectivity index (χ3n) is 2.23. The van der Waals surface area contributed by atoms with Crippen molar-refractivity contribution in [2.24, 2.45) is 0 Å². The summed E-state index contributed by atoms with van der Waals surface area (Å²) in [6.45, 7) is 3.31. The largest absolute Gasteiger partial charge is 0.492 e.